The van der Waals surface area contributed by atoms with E-state index in [1.807, 2.05) is 0 Å². The van der Waals surface area contributed by atoms with Crippen LogP contribution in [0.3, 0.4) is 0 Å². The lowest BCUT2D eigenvalue weighted by Crippen LogP contribution is -2.37. The number of carbonyl (C=O) groups is 2. The van der Waals surface area contributed by atoms with Gasteiger partial charge in [0, 0.05) is 13.2 Å². The number of ether oxygens (including phenoxy) is 2. The number of hydrogen-bond donors (Lipinski definition) is 2. The zero-order valence-electron chi connectivity index (χ0n) is 11.6. The van der Waals surface area contributed by atoms with Crippen LogP contribution in [0, 0.1) is 5.92 Å². The number of carboxylic acids is 1. The fourth-order valence-electron chi connectivity index (χ4n) is 1.79. The van der Waals surface area contributed by atoms with Gasteiger partial charge in [0.25, 0.3) is 0 Å². The van der Waals surface area contributed by atoms with E-state index in [-0.39, 0.29) is 5.91 Å². The molecular formula is C13H23NO5. The highest BCUT2D eigenvalue weighted by molar-refractivity contribution is 5.82. The van der Waals surface area contributed by atoms with E-state index in [0.29, 0.717) is 38.5 Å². The lowest BCUT2D eigenvalue weighted by Gasteiger charge is -2.12. The average molecular weight is 273 g/mol. The summed E-state index contributed by atoms with van der Waals surface area (Å²) in [6.45, 7) is 5.83. The van der Waals surface area contributed by atoms with Crippen molar-refractivity contribution in [3.63, 3.8) is 0 Å². The molecule has 110 valence electrons. The van der Waals surface area contributed by atoms with E-state index in [2.05, 4.69) is 19.2 Å². The first-order chi connectivity index (χ1) is 9.00. The molecule has 2 N–H and O–H groups in total. The Morgan fingerprint density at radius 3 is 2.58 bits per heavy atom. The van der Waals surface area contributed by atoms with Crippen LogP contribution >= 0.6 is 0 Å². The van der Waals surface area contributed by atoms with Gasteiger partial charge in [-0.15, -0.1) is 0 Å². The van der Waals surface area contributed by atoms with Gasteiger partial charge in [-0.05, 0) is 25.2 Å². The van der Waals surface area contributed by atoms with Crippen LogP contribution in [0.5, 0.6) is 0 Å². The topological polar surface area (TPSA) is 84.9 Å². The molecule has 1 aliphatic rings. The normalized spacial score (nSPS) is 22.7. The molecule has 0 bridgehead atoms. The summed E-state index contributed by atoms with van der Waals surface area (Å²) < 4.78 is 10.5. The second-order valence-corrected chi connectivity index (χ2v) is 5.11. The molecule has 1 saturated heterocycles. The summed E-state index contributed by atoms with van der Waals surface area (Å²) in [4.78, 5) is 22.4. The molecule has 1 aliphatic heterocycles. The number of carboxylic acid groups (broad SMARTS) is 1. The fraction of sp³-hybridized carbons (Fsp3) is 0.846. The Morgan fingerprint density at radius 2 is 2.00 bits per heavy atom. The number of rotatable bonds is 8. The summed E-state index contributed by atoms with van der Waals surface area (Å²) in [5.41, 5.74) is 0. The Labute approximate surface area is 113 Å². The monoisotopic (exact) mass is 273 g/mol. The Bertz CT molecular complexity index is 305. The molecule has 1 rings (SSSR count). The van der Waals surface area contributed by atoms with Crippen LogP contribution in [0.2, 0.25) is 0 Å². The van der Waals surface area contributed by atoms with Gasteiger partial charge in [0.15, 0.2) is 6.10 Å². The van der Waals surface area contributed by atoms with E-state index in [4.69, 9.17) is 14.6 Å². The quantitative estimate of drug-likeness (QED) is 0.639. The first kappa shape index (κ1) is 15.9. The van der Waals surface area contributed by atoms with Crippen molar-refractivity contribution in [2.75, 3.05) is 19.8 Å². The molecule has 19 heavy (non-hydrogen) atoms. The maximum absolute atomic E-state index is 11.7. The molecule has 0 radical (unpaired) electrons. The maximum Gasteiger partial charge on any atom is 0.332 e. The molecule has 1 heterocycles. The smallest absolute Gasteiger partial charge is 0.332 e. The predicted molar refractivity (Wildman–Crippen MR) is 68.8 cm³/mol. The molecule has 0 aromatic carbocycles. The van der Waals surface area contributed by atoms with Gasteiger partial charge in [0.1, 0.15) is 6.10 Å². The molecule has 0 saturated carbocycles. The van der Waals surface area contributed by atoms with Crippen molar-refractivity contribution in [2.45, 2.75) is 45.3 Å². The summed E-state index contributed by atoms with van der Waals surface area (Å²) >= 11 is 0. The van der Waals surface area contributed by atoms with Crippen LogP contribution < -0.4 is 5.32 Å². The lowest BCUT2D eigenvalue weighted by molar-refractivity contribution is -0.151. The summed E-state index contributed by atoms with van der Waals surface area (Å²) in [6, 6.07) is 0. The predicted octanol–water partition coefficient (Wildman–Crippen LogP) is 0.797. The van der Waals surface area contributed by atoms with E-state index in [9.17, 15) is 9.59 Å². The highest BCUT2D eigenvalue weighted by Crippen LogP contribution is 2.19. The Kier molecular flexibility index (Phi) is 6.80. The van der Waals surface area contributed by atoms with Crippen LogP contribution in [-0.4, -0.2) is 48.9 Å². The number of nitrogens with one attached hydrogen (secondary N) is 1. The lowest BCUT2D eigenvalue weighted by atomic mass is 10.1. The van der Waals surface area contributed by atoms with Crippen LogP contribution in [0.15, 0.2) is 0 Å². The van der Waals surface area contributed by atoms with E-state index in [1.54, 1.807) is 0 Å². The van der Waals surface area contributed by atoms with E-state index in [1.165, 1.54) is 0 Å². The zero-order valence-corrected chi connectivity index (χ0v) is 11.6. The highest BCUT2D eigenvalue weighted by atomic mass is 16.5. The maximum atomic E-state index is 11.7. The van der Waals surface area contributed by atoms with Crippen molar-refractivity contribution in [3.8, 4) is 0 Å². The van der Waals surface area contributed by atoms with Gasteiger partial charge in [-0.3, -0.25) is 4.79 Å². The Balaban J connectivity index is 2.07. The van der Waals surface area contributed by atoms with Gasteiger partial charge in [0.2, 0.25) is 5.91 Å². The standard InChI is InChI=1S/C13H23NO5/c1-9(2)5-7-18-8-6-14-12(15)10-3-4-11(19-10)13(16)17/h9-11H,3-8H2,1-2H3,(H,14,15)(H,16,17). The van der Waals surface area contributed by atoms with Crippen molar-refractivity contribution in [2.24, 2.45) is 5.92 Å². The molecule has 1 amide bonds. The van der Waals surface area contributed by atoms with Crippen molar-refractivity contribution in [1.29, 1.82) is 0 Å². The third-order valence-corrected chi connectivity index (χ3v) is 2.97. The molecule has 0 aromatic heterocycles. The number of carbonyl (C=O) groups excluding carboxylic acids is 1. The summed E-state index contributed by atoms with van der Waals surface area (Å²) in [5.74, 6) is -0.655. The molecule has 0 aromatic rings. The average Bonchev–Trinajstić information content (AvgIpc) is 2.82. The van der Waals surface area contributed by atoms with Gasteiger partial charge in [0.05, 0.1) is 6.61 Å². The molecule has 6 nitrogen and oxygen atoms in total. The minimum Gasteiger partial charge on any atom is -0.479 e. The highest BCUT2D eigenvalue weighted by Gasteiger charge is 2.34. The number of aliphatic carboxylic acids is 1. The Hall–Kier alpha value is -1.14. The molecule has 2 atom stereocenters. The van der Waals surface area contributed by atoms with Gasteiger partial charge in [-0.2, -0.15) is 0 Å². The molecule has 6 heteroatoms. The van der Waals surface area contributed by atoms with Crippen molar-refractivity contribution >= 4 is 11.9 Å². The second kappa shape index (κ2) is 8.12. The van der Waals surface area contributed by atoms with E-state index in [0.717, 1.165) is 6.42 Å². The molecule has 0 spiro atoms. The zero-order chi connectivity index (χ0) is 14.3. The first-order valence-corrected chi connectivity index (χ1v) is 6.74. The third kappa shape index (κ3) is 6.02. The van der Waals surface area contributed by atoms with Crippen molar-refractivity contribution in [3.05, 3.63) is 0 Å². The summed E-state index contributed by atoms with van der Waals surface area (Å²) in [7, 11) is 0. The van der Waals surface area contributed by atoms with Gasteiger partial charge in [-0.1, -0.05) is 13.8 Å². The van der Waals surface area contributed by atoms with Crippen molar-refractivity contribution < 1.29 is 24.2 Å². The van der Waals surface area contributed by atoms with Gasteiger partial charge >= 0.3 is 5.97 Å². The number of amides is 1. The molecular weight excluding hydrogens is 250 g/mol. The molecule has 0 aliphatic carbocycles. The van der Waals surface area contributed by atoms with Gasteiger partial charge < -0.3 is 19.9 Å². The number of hydrogen-bond acceptors (Lipinski definition) is 4. The van der Waals surface area contributed by atoms with Crippen LogP contribution in [0.25, 0.3) is 0 Å². The van der Waals surface area contributed by atoms with Gasteiger partial charge in [-0.25, -0.2) is 4.79 Å². The molecule has 1 fully saturated rings. The summed E-state index contributed by atoms with van der Waals surface area (Å²) in [6.07, 6.45) is 0.352. The van der Waals surface area contributed by atoms with Crippen LogP contribution in [0.1, 0.15) is 33.1 Å². The van der Waals surface area contributed by atoms with E-state index < -0.39 is 18.2 Å². The van der Waals surface area contributed by atoms with Crippen molar-refractivity contribution in [1.82, 2.24) is 5.32 Å². The minimum absolute atomic E-state index is 0.254. The Morgan fingerprint density at radius 1 is 1.32 bits per heavy atom. The fourth-order valence-corrected chi connectivity index (χ4v) is 1.79. The molecule has 2 unspecified atom stereocenters. The van der Waals surface area contributed by atoms with Crippen LogP contribution in [-0.2, 0) is 19.1 Å². The third-order valence-electron chi connectivity index (χ3n) is 2.97. The summed E-state index contributed by atoms with van der Waals surface area (Å²) in [5, 5.41) is 11.4. The SMILES string of the molecule is CC(C)CCOCCNC(=O)C1CCC(C(=O)O)O1. The minimum atomic E-state index is -1.01. The first-order valence-electron chi connectivity index (χ1n) is 6.74. The van der Waals surface area contributed by atoms with E-state index >= 15 is 0 Å². The largest absolute Gasteiger partial charge is 0.479 e. The second-order valence-electron chi connectivity index (χ2n) is 5.11. The van der Waals surface area contributed by atoms with Crippen LogP contribution in [0.4, 0.5) is 0 Å².